The molecule has 3 amide bonds. The molecule has 9 heteroatoms. The van der Waals surface area contributed by atoms with Crippen molar-refractivity contribution in [1.82, 2.24) is 15.5 Å². The fourth-order valence-corrected chi connectivity index (χ4v) is 4.32. The molecule has 0 heterocycles. The van der Waals surface area contributed by atoms with Gasteiger partial charge in [-0.1, -0.05) is 55.5 Å². The number of hydrogen-bond donors (Lipinski definition) is 3. The molecule has 0 spiro atoms. The summed E-state index contributed by atoms with van der Waals surface area (Å²) >= 11 is 0. The molecule has 0 saturated carbocycles. The molecular formula is C26H31N3O6. The zero-order valence-electron chi connectivity index (χ0n) is 20.0. The van der Waals surface area contributed by atoms with E-state index in [1.165, 1.54) is 11.9 Å². The number of ether oxygens (including phenoxy) is 1. The molecule has 0 aliphatic heterocycles. The van der Waals surface area contributed by atoms with E-state index in [9.17, 15) is 19.2 Å². The second-order valence-corrected chi connectivity index (χ2v) is 8.39. The Bertz CT molecular complexity index is 1040. The van der Waals surface area contributed by atoms with Crippen molar-refractivity contribution in [2.24, 2.45) is 0 Å². The zero-order chi connectivity index (χ0) is 25.4. The van der Waals surface area contributed by atoms with E-state index >= 15 is 0 Å². The van der Waals surface area contributed by atoms with Crippen LogP contribution in [0.1, 0.15) is 43.2 Å². The van der Waals surface area contributed by atoms with Crippen LogP contribution in [0.3, 0.4) is 0 Å². The number of likely N-dealkylation sites (N-methyl/N-ethyl adjacent to an activating group) is 1. The smallest absolute Gasteiger partial charge is 0.407 e. The summed E-state index contributed by atoms with van der Waals surface area (Å²) in [6.45, 7) is 2.04. The van der Waals surface area contributed by atoms with Gasteiger partial charge in [0.15, 0.2) is 0 Å². The minimum absolute atomic E-state index is 0.0661. The summed E-state index contributed by atoms with van der Waals surface area (Å²) < 4.78 is 5.52. The molecule has 1 aliphatic rings. The number of carboxylic acid groups (broad SMARTS) is 1. The number of aliphatic carboxylic acids is 1. The summed E-state index contributed by atoms with van der Waals surface area (Å²) in [6, 6.07) is 14.7. The van der Waals surface area contributed by atoms with Gasteiger partial charge in [0.25, 0.3) is 0 Å². The number of benzene rings is 2. The number of hydrogen-bond acceptors (Lipinski definition) is 5. The Kier molecular flexibility index (Phi) is 8.83. The molecule has 2 aromatic rings. The first-order valence-electron chi connectivity index (χ1n) is 11.7. The van der Waals surface area contributed by atoms with Crippen LogP contribution >= 0.6 is 0 Å². The lowest BCUT2D eigenvalue weighted by atomic mass is 9.98. The van der Waals surface area contributed by atoms with Crippen molar-refractivity contribution in [3.05, 3.63) is 59.7 Å². The Morgan fingerprint density at radius 1 is 1.03 bits per heavy atom. The normalized spacial score (nSPS) is 12.7. The third-order valence-electron chi connectivity index (χ3n) is 6.00. The quantitative estimate of drug-likeness (QED) is 0.453. The van der Waals surface area contributed by atoms with Crippen molar-refractivity contribution in [3.63, 3.8) is 0 Å². The van der Waals surface area contributed by atoms with Gasteiger partial charge in [0.05, 0.1) is 6.54 Å². The van der Waals surface area contributed by atoms with Crippen LogP contribution in [0.4, 0.5) is 4.79 Å². The molecule has 1 unspecified atom stereocenters. The molecule has 3 rings (SSSR count). The average Bonchev–Trinajstić information content (AvgIpc) is 3.18. The highest BCUT2D eigenvalue weighted by Gasteiger charge is 2.31. The highest BCUT2D eigenvalue weighted by atomic mass is 16.5. The summed E-state index contributed by atoms with van der Waals surface area (Å²) in [5.41, 5.74) is 4.30. The van der Waals surface area contributed by atoms with Crippen LogP contribution in [0.2, 0.25) is 0 Å². The number of carbonyl (C=O) groups is 4. The van der Waals surface area contributed by atoms with Gasteiger partial charge in [0, 0.05) is 25.9 Å². The third kappa shape index (κ3) is 6.38. The molecule has 35 heavy (non-hydrogen) atoms. The summed E-state index contributed by atoms with van der Waals surface area (Å²) in [5.74, 6) is -2.12. The number of alkyl carbamates (subject to hydrolysis) is 1. The minimum atomic E-state index is -1.13. The minimum Gasteiger partial charge on any atom is -0.481 e. The van der Waals surface area contributed by atoms with Crippen LogP contribution in [0.25, 0.3) is 11.1 Å². The maximum atomic E-state index is 13.1. The van der Waals surface area contributed by atoms with Crippen molar-refractivity contribution in [2.45, 2.75) is 38.1 Å². The van der Waals surface area contributed by atoms with Crippen molar-refractivity contribution in [1.29, 1.82) is 0 Å². The second kappa shape index (κ2) is 12.0. The maximum absolute atomic E-state index is 13.1. The SMILES string of the molecule is CCCN(CC(=O)NC)C(=O)C(CCC(=O)O)NC(=O)OCC1c2ccccc2-c2ccccc21. The predicted molar refractivity (Wildman–Crippen MR) is 130 cm³/mol. The van der Waals surface area contributed by atoms with Gasteiger partial charge in [-0.2, -0.15) is 0 Å². The first-order valence-corrected chi connectivity index (χ1v) is 11.7. The van der Waals surface area contributed by atoms with Gasteiger partial charge < -0.3 is 25.4 Å². The van der Waals surface area contributed by atoms with E-state index < -0.39 is 24.0 Å². The molecule has 9 nitrogen and oxygen atoms in total. The number of carbonyl (C=O) groups excluding carboxylic acids is 3. The molecule has 1 atom stereocenters. The van der Waals surface area contributed by atoms with Gasteiger partial charge in [0.1, 0.15) is 12.6 Å². The number of nitrogens with zero attached hydrogens (tertiary/aromatic N) is 1. The van der Waals surface area contributed by atoms with E-state index in [1.807, 2.05) is 55.5 Å². The summed E-state index contributed by atoms with van der Waals surface area (Å²) in [5, 5.41) is 14.1. The van der Waals surface area contributed by atoms with Crippen LogP contribution in [0, 0.1) is 0 Å². The highest BCUT2D eigenvalue weighted by molar-refractivity contribution is 5.90. The number of amides is 3. The number of carboxylic acids is 1. The topological polar surface area (TPSA) is 125 Å². The van der Waals surface area contributed by atoms with Crippen LogP contribution in [-0.4, -0.2) is 66.7 Å². The molecule has 3 N–H and O–H groups in total. The van der Waals surface area contributed by atoms with Gasteiger partial charge in [-0.05, 0) is 35.1 Å². The van der Waals surface area contributed by atoms with E-state index in [0.717, 1.165) is 22.3 Å². The van der Waals surface area contributed by atoms with Gasteiger partial charge >= 0.3 is 12.1 Å². The fraction of sp³-hybridized carbons (Fsp3) is 0.385. The Morgan fingerprint density at radius 3 is 2.17 bits per heavy atom. The number of rotatable bonds is 11. The lowest BCUT2D eigenvalue weighted by Crippen LogP contribution is -2.51. The van der Waals surface area contributed by atoms with Crippen molar-refractivity contribution in [3.8, 4) is 11.1 Å². The second-order valence-electron chi connectivity index (χ2n) is 8.39. The average molecular weight is 482 g/mol. The Balaban J connectivity index is 1.70. The number of nitrogens with one attached hydrogen (secondary N) is 2. The van der Waals surface area contributed by atoms with E-state index in [-0.39, 0.29) is 37.8 Å². The first-order chi connectivity index (χ1) is 16.8. The van der Waals surface area contributed by atoms with Crippen molar-refractivity contribution >= 4 is 23.9 Å². The third-order valence-corrected chi connectivity index (χ3v) is 6.00. The van der Waals surface area contributed by atoms with Crippen molar-refractivity contribution < 1.29 is 29.0 Å². The Morgan fingerprint density at radius 2 is 1.63 bits per heavy atom. The molecule has 0 fully saturated rings. The largest absolute Gasteiger partial charge is 0.481 e. The lowest BCUT2D eigenvalue weighted by Gasteiger charge is -2.27. The molecule has 1 aliphatic carbocycles. The first kappa shape index (κ1) is 25.7. The van der Waals surface area contributed by atoms with Gasteiger partial charge in [-0.25, -0.2) is 4.79 Å². The Labute approximate surface area is 204 Å². The van der Waals surface area contributed by atoms with E-state index in [4.69, 9.17) is 9.84 Å². The highest BCUT2D eigenvalue weighted by Crippen LogP contribution is 2.44. The van der Waals surface area contributed by atoms with Crippen LogP contribution < -0.4 is 10.6 Å². The van der Waals surface area contributed by atoms with Crippen LogP contribution in [-0.2, 0) is 19.1 Å². The molecule has 186 valence electrons. The van der Waals surface area contributed by atoms with Gasteiger partial charge in [-0.3, -0.25) is 14.4 Å². The van der Waals surface area contributed by atoms with Crippen LogP contribution in [0.15, 0.2) is 48.5 Å². The molecule has 0 radical (unpaired) electrons. The lowest BCUT2D eigenvalue weighted by molar-refractivity contribution is -0.139. The fourth-order valence-electron chi connectivity index (χ4n) is 4.32. The van der Waals surface area contributed by atoms with E-state index in [1.54, 1.807) is 0 Å². The van der Waals surface area contributed by atoms with Gasteiger partial charge in [0.2, 0.25) is 11.8 Å². The van der Waals surface area contributed by atoms with E-state index in [0.29, 0.717) is 13.0 Å². The van der Waals surface area contributed by atoms with Crippen LogP contribution in [0.5, 0.6) is 0 Å². The molecule has 0 bridgehead atoms. The number of fused-ring (bicyclic) bond motifs is 3. The van der Waals surface area contributed by atoms with Gasteiger partial charge in [-0.15, -0.1) is 0 Å². The summed E-state index contributed by atoms with van der Waals surface area (Å²) in [6.07, 6.45) is -0.655. The van der Waals surface area contributed by atoms with E-state index in [2.05, 4.69) is 10.6 Å². The predicted octanol–water partition coefficient (Wildman–Crippen LogP) is 2.74. The summed E-state index contributed by atoms with van der Waals surface area (Å²) in [7, 11) is 1.47. The van der Waals surface area contributed by atoms with Crippen molar-refractivity contribution in [2.75, 3.05) is 26.7 Å². The molecule has 0 saturated heterocycles. The standard InChI is InChI=1S/C26H31N3O6/c1-3-14-29(15-23(30)27-2)25(33)22(12-13-24(31)32)28-26(34)35-16-21-19-10-6-4-8-17(19)18-9-5-7-11-20(18)21/h4-11,21-22H,3,12-16H2,1-2H3,(H,27,30)(H,28,34)(H,31,32). The monoisotopic (exact) mass is 481 g/mol. The molecular weight excluding hydrogens is 450 g/mol. The Hall–Kier alpha value is -3.88. The summed E-state index contributed by atoms with van der Waals surface area (Å²) in [4.78, 5) is 50.1. The zero-order valence-corrected chi connectivity index (χ0v) is 20.0. The molecule has 0 aromatic heterocycles. The molecule has 2 aromatic carbocycles. The maximum Gasteiger partial charge on any atom is 0.407 e.